The van der Waals surface area contributed by atoms with Crippen molar-refractivity contribution in [1.82, 2.24) is 0 Å². The Labute approximate surface area is 175 Å². The summed E-state index contributed by atoms with van der Waals surface area (Å²) in [6.07, 6.45) is -0.463. The van der Waals surface area contributed by atoms with Crippen LogP contribution >= 0.6 is 12.2 Å². The van der Waals surface area contributed by atoms with Crippen molar-refractivity contribution in [3.05, 3.63) is 90.0 Å². The van der Waals surface area contributed by atoms with Crippen molar-refractivity contribution in [2.45, 2.75) is 6.23 Å². The summed E-state index contributed by atoms with van der Waals surface area (Å²) in [7, 11) is 3.28. The van der Waals surface area contributed by atoms with Gasteiger partial charge in [0, 0.05) is 16.8 Å². The van der Waals surface area contributed by atoms with E-state index in [1.165, 1.54) is 0 Å². The van der Waals surface area contributed by atoms with Crippen LogP contribution in [0.3, 0.4) is 0 Å². The lowest BCUT2D eigenvalue weighted by molar-refractivity contribution is 0.196. The molecule has 0 spiro atoms. The van der Waals surface area contributed by atoms with Gasteiger partial charge in [0.15, 0.2) is 0 Å². The normalized spacial score (nSPS) is 16.1. The van der Waals surface area contributed by atoms with Gasteiger partial charge in [-0.15, -0.1) is 0 Å². The molecule has 3 aromatic rings. The molecular formula is C23H20N2O3S. The van der Waals surface area contributed by atoms with E-state index in [2.05, 4.69) is 4.99 Å². The smallest absolute Gasteiger partial charge is 0.225 e. The average molecular weight is 404 g/mol. The summed E-state index contributed by atoms with van der Waals surface area (Å²) in [4.78, 5) is 6.45. The van der Waals surface area contributed by atoms with Gasteiger partial charge in [-0.1, -0.05) is 18.2 Å². The highest BCUT2D eigenvalue weighted by Gasteiger charge is 2.32. The van der Waals surface area contributed by atoms with Crippen molar-refractivity contribution in [1.29, 1.82) is 0 Å². The van der Waals surface area contributed by atoms with Gasteiger partial charge >= 0.3 is 0 Å². The lowest BCUT2D eigenvalue weighted by Gasteiger charge is -2.36. The molecule has 1 aliphatic rings. The molecule has 29 heavy (non-hydrogen) atoms. The molecule has 0 saturated heterocycles. The van der Waals surface area contributed by atoms with E-state index < -0.39 is 6.23 Å². The maximum atomic E-state index is 6.34. The number of benzene rings is 3. The summed E-state index contributed by atoms with van der Waals surface area (Å²) >= 11 is 5.68. The van der Waals surface area contributed by atoms with Crippen LogP contribution in [-0.2, 0) is 4.74 Å². The minimum Gasteiger partial charge on any atom is -0.497 e. The molecule has 1 heterocycles. The van der Waals surface area contributed by atoms with Crippen LogP contribution in [0.5, 0.6) is 11.5 Å². The fourth-order valence-electron chi connectivity index (χ4n) is 3.11. The minimum absolute atomic E-state index is 0.432. The van der Waals surface area contributed by atoms with Crippen LogP contribution in [0, 0.1) is 0 Å². The first-order valence-electron chi connectivity index (χ1n) is 9.11. The monoisotopic (exact) mass is 404 g/mol. The number of methoxy groups -OCH3 is 2. The van der Waals surface area contributed by atoms with Crippen molar-refractivity contribution in [3.63, 3.8) is 0 Å². The van der Waals surface area contributed by atoms with Gasteiger partial charge in [-0.05, 0) is 72.9 Å². The molecule has 0 aromatic heterocycles. The lowest BCUT2D eigenvalue weighted by atomic mass is 10.1. The summed E-state index contributed by atoms with van der Waals surface area (Å²) < 4.78 is 16.9. The van der Waals surface area contributed by atoms with Gasteiger partial charge in [0.2, 0.25) is 17.2 Å². The number of ether oxygens (including phenoxy) is 3. The zero-order valence-corrected chi connectivity index (χ0v) is 16.9. The first-order valence-corrected chi connectivity index (χ1v) is 9.52. The molecule has 0 aliphatic carbocycles. The SMILES string of the molecule is COc1ccc(C2OC(c3ccccc3)=NC(=S)N2c2ccc(OC)cc2)cc1. The summed E-state index contributed by atoms with van der Waals surface area (Å²) in [6, 6.07) is 25.2. The Morgan fingerprint density at radius 3 is 2.00 bits per heavy atom. The number of hydrogen-bond acceptors (Lipinski definition) is 4. The number of aliphatic imine (C=N–C) groups is 1. The maximum absolute atomic E-state index is 6.34. The van der Waals surface area contributed by atoms with Crippen LogP contribution in [0.2, 0.25) is 0 Å². The Morgan fingerprint density at radius 1 is 0.828 bits per heavy atom. The molecule has 0 fully saturated rings. The molecule has 0 saturated carbocycles. The van der Waals surface area contributed by atoms with Gasteiger partial charge in [0.1, 0.15) is 11.5 Å². The second kappa shape index (κ2) is 8.32. The minimum atomic E-state index is -0.463. The van der Waals surface area contributed by atoms with Gasteiger partial charge in [-0.25, -0.2) is 0 Å². The Kier molecular flexibility index (Phi) is 5.44. The quantitative estimate of drug-likeness (QED) is 0.562. The van der Waals surface area contributed by atoms with Gasteiger partial charge in [0.05, 0.1) is 14.2 Å². The fraction of sp³-hybridized carbons (Fsp3) is 0.130. The van der Waals surface area contributed by atoms with Crippen LogP contribution in [0.25, 0.3) is 0 Å². The number of hydrogen-bond donors (Lipinski definition) is 0. The van der Waals surface area contributed by atoms with E-state index in [1.54, 1.807) is 14.2 Å². The second-order valence-corrected chi connectivity index (χ2v) is 6.74. The first-order chi connectivity index (χ1) is 14.2. The molecule has 3 aromatic carbocycles. The van der Waals surface area contributed by atoms with E-state index in [9.17, 15) is 0 Å². The van der Waals surface area contributed by atoms with Crippen LogP contribution in [0.1, 0.15) is 17.4 Å². The summed E-state index contributed by atoms with van der Waals surface area (Å²) in [5.74, 6) is 2.05. The Bertz CT molecular complexity index is 1020. The van der Waals surface area contributed by atoms with Crippen molar-refractivity contribution in [3.8, 4) is 11.5 Å². The van der Waals surface area contributed by atoms with Gasteiger partial charge in [0.25, 0.3) is 0 Å². The van der Waals surface area contributed by atoms with Crippen molar-refractivity contribution >= 4 is 28.9 Å². The van der Waals surface area contributed by atoms with Gasteiger partial charge < -0.3 is 14.2 Å². The molecule has 6 heteroatoms. The van der Waals surface area contributed by atoms with Crippen LogP contribution in [0.15, 0.2) is 83.9 Å². The van der Waals surface area contributed by atoms with Crippen LogP contribution < -0.4 is 14.4 Å². The predicted octanol–water partition coefficient (Wildman–Crippen LogP) is 4.97. The molecule has 0 amide bonds. The van der Waals surface area contributed by atoms with E-state index in [1.807, 2.05) is 83.8 Å². The summed E-state index contributed by atoms with van der Waals surface area (Å²) in [5.41, 5.74) is 2.68. The summed E-state index contributed by atoms with van der Waals surface area (Å²) in [5, 5.41) is 0.432. The molecule has 0 N–H and O–H groups in total. The highest BCUT2D eigenvalue weighted by molar-refractivity contribution is 7.80. The molecule has 1 unspecified atom stereocenters. The van der Waals surface area contributed by atoms with E-state index in [-0.39, 0.29) is 0 Å². The van der Waals surface area contributed by atoms with E-state index in [0.29, 0.717) is 11.0 Å². The second-order valence-electron chi connectivity index (χ2n) is 6.38. The zero-order valence-electron chi connectivity index (χ0n) is 16.1. The third-order valence-electron chi connectivity index (χ3n) is 4.63. The highest BCUT2D eigenvalue weighted by Crippen LogP contribution is 2.34. The third kappa shape index (κ3) is 3.93. The molecule has 0 radical (unpaired) electrons. The Balaban J connectivity index is 1.76. The lowest BCUT2D eigenvalue weighted by Crippen LogP contribution is -2.40. The number of rotatable bonds is 5. The zero-order chi connectivity index (χ0) is 20.2. The van der Waals surface area contributed by atoms with E-state index >= 15 is 0 Å². The molecular weight excluding hydrogens is 384 g/mol. The van der Waals surface area contributed by atoms with E-state index in [0.717, 1.165) is 28.3 Å². The number of nitrogens with zero attached hydrogens (tertiary/aromatic N) is 2. The van der Waals surface area contributed by atoms with Crippen molar-refractivity contribution < 1.29 is 14.2 Å². The third-order valence-corrected chi connectivity index (χ3v) is 4.92. The average Bonchev–Trinajstić information content (AvgIpc) is 2.79. The number of anilines is 1. The molecule has 5 nitrogen and oxygen atoms in total. The standard InChI is InChI=1S/C23H20N2O3S/c1-26-19-12-8-17(9-13-19)22-25(18-10-14-20(27-2)15-11-18)23(29)24-21(28-22)16-6-4-3-5-7-16/h3-15,22H,1-2H3. The molecule has 4 rings (SSSR count). The fourth-order valence-corrected chi connectivity index (χ4v) is 3.40. The first kappa shape index (κ1) is 19.0. The number of thiocarbonyl (C=S) groups is 1. The Morgan fingerprint density at radius 2 is 1.41 bits per heavy atom. The molecule has 1 atom stereocenters. The highest BCUT2D eigenvalue weighted by atomic mass is 32.1. The van der Waals surface area contributed by atoms with Gasteiger partial charge in [-0.2, -0.15) is 4.99 Å². The molecule has 0 bridgehead atoms. The molecule has 1 aliphatic heterocycles. The maximum Gasteiger partial charge on any atom is 0.225 e. The van der Waals surface area contributed by atoms with E-state index in [4.69, 9.17) is 26.4 Å². The van der Waals surface area contributed by atoms with Gasteiger partial charge in [-0.3, -0.25) is 4.90 Å². The van der Waals surface area contributed by atoms with Crippen LogP contribution in [0.4, 0.5) is 5.69 Å². The van der Waals surface area contributed by atoms with Crippen molar-refractivity contribution in [2.75, 3.05) is 19.1 Å². The van der Waals surface area contributed by atoms with Crippen LogP contribution in [-0.4, -0.2) is 25.2 Å². The molecule has 146 valence electrons. The topological polar surface area (TPSA) is 43.3 Å². The largest absolute Gasteiger partial charge is 0.497 e. The van der Waals surface area contributed by atoms with Crippen molar-refractivity contribution in [2.24, 2.45) is 4.99 Å². The predicted molar refractivity (Wildman–Crippen MR) is 118 cm³/mol. The Hall–Kier alpha value is -3.38. The summed E-state index contributed by atoms with van der Waals surface area (Å²) in [6.45, 7) is 0.